The number of rotatable bonds is 8. The average molecular weight is 421 g/mol. The van der Waals surface area contributed by atoms with Gasteiger partial charge in [0, 0.05) is 26.9 Å². The topological polar surface area (TPSA) is 92.3 Å². The molecule has 0 atom stereocenters. The Morgan fingerprint density at radius 3 is 2.75 bits per heavy atom. The zero-order valence-electron chi connectivity index (χ0n) is 15.9. The molecule has 0 saturated heterocycles. The van der Waals surface area contributed by atoms with Gasteiger partial charge in [-0.05, 0) is 29.8 Å². The first kappa shape index (κ1) is 20.2. The molecule has 0 N–H and O–H groups in total. The maximum absolute atomic E-state index is 11.0. The summed E-state index contributed by atoms with van der Waals surface area (Å²) in [5.74, 6) is 0.528. The zero-order valence-corrected chi connectivity index (χ0v) is 17.6. The van der Waals surface area contributed by atoms with E-state index in [1.54, 1.807) is 18.2 Å². The molecule has 0 aliphatic heterocycles. The number of hydrogen-bond acceptors (Lipinski definition) is 6. The van der Waals surface area contributed by atoms with Crippen molar-refractivity contribution in [2.45, 2.75) is 32.4 Å². The summed E-state index contributed by atoms with van der Waals surface area (Å²) >= 11 is 6.06. The van der Waals surface area contributed by atoms with Crippen LogP contribution in [0.5, 0.6) is 11.6 Å². The molecule has 2 heterocycles. The Morgan fingerprint density at radius 1 is 1.25 bits per heavy atom. The van der Waals surface area contributed by atoms with Crippen LogP contribution in [0.2, 0.25) is 31.0 Å². The minimum absolute atomic E-state index is 0.0231. The first-order valence-electron chi connectivity index (χ1n) is 8.75. The van der Waals surface area contributed by atoms with Crippen LogP contribution >= 0.6 is 11.6 Å². The summed E-state index contributed by atoms with van der Waals surface area (Å²) in [6.07, 6.45) is 1.82. The molecule has 0 saturated carbocycles. The standard InChI is InChI=1S/C18H21ClN4O4Si/c1-28(2,3)10-9-26-12-22-8-7-15-16(22)20-18(19)21-17(15)27-14-6-4-5-13(11-14)23(24)25/h4-8,11H,9-10,12H2,1-3H3. The molecular formula is C18H21ClN4O4Si. The highest BCUT2D eigenvalue weighted by atomic mass is 35.5. The number of ether oxygens (including phenoxy) is 2. The molecule has 0 amide bonds. The van der Waals surface area contributed by atoms with Crippen LogP contribution in [0.1, 0.15) is 0 Å². The third-order valence-electron chi connectivity index (χ3n) is 4.03. The van der Waals surface area contributed by atoms with Crippen LogP contribution in [0.4, 0.5) is 5.69 Å². The van der Waals surface area contributed by atoms with Crippen molar-refractivity contribution in [3.63, 3.8) is 0 Å². The Balaban J connectivity index is 1.81. The van der Waals surface area contributed by atoms with Gasteiger partial charge in [0.1, 0.15) is 12.5 Å². The Kier molecular flexibility index (Phi) is 5.97. The lowest BCUT2D eigenvalue weighted by molar-refractivity contribution is -0.384. The van der Waals surface area contributed by atoms with E-state index in [-0.39, 0.29) is 16.9 Å². The van der Waals surface area contributed by atoms with Gasteiger partial charge in [-0.2, -0.15) is 9.97 Å². The number of nitro benzene ring substituents is 1. The largest absolute Gasteiger partial charge is 0.438 e. The predicted molar refractivity (Wildman–Crippen MR) is 110 cm³/mol. The van der Waals surface area contributed by atoms with Crippen molar-refractivity contribution in [2.75, 3.05) is 6.61 Å². The first-order chi connectivity index (χ1) is 13.2. The molecule has 0 aliphatic carbocycles. The van der Waals surface area contributed by atoms with Crippen molar-refractivity contribution in [1.29, 1.82) is 0 Å². The minimum Gasteiger partial charge on any atom is -0.438 e. The lowest BCUT2D eigenvalue weighted by Crippen LogP contribution is -2.22. The molecule has 1 aromatic carbocycles. The smallest absolute Gasteiger partial charge is 0.273 e. The van der Waals surface area contributed by atoms with Gasteiger partial charge in [-0.3, -0.25) is 10.1 Å². The van der Waals surface area contributed by atoms with Crippen molar-refractivity contribution in [3.05, 3.63) is 51.9 Å². The Hall–Kier alpha value is -2.49. The average Bonchev–Trinajstić information content (AvgIpc) is 3.01. The maximum atomic E-state index is 11.0. The van der Waals surface area contributed by atoms with E-state index in [1.807, 2.05) is 10.8 Å². The van der Waals surface area contributed by atoms with E-state index in [0.717, 1.165) is 6.04 Å². The van der Waals surface area contributed by atoms with Crippen LogP contribution in [-0.4, -0.2) is 34.1 Å². The lowest BCUT2D eigenvalue weighted by Gasteiger charge is -2.15. The summed E-state index contributed by atoms with van der Waals surface area (Å²) in [5, 5.41) is 11.6. The number of nitro groups is 1. The molecule has 2 aromatic heterocycles. The molecule has 0 fully saturated rings. The van der Waals surface area contributed by atoms with Gasteiger partial charge in [0.2, 0.25) is 11.2 Å². The van der Waals surface area contributed by atoms with Crippen LogP contribution in [-0.2, 0) is 11.5 Å². The van der Waals surface area contributed by atoms with E-state index < -0.39 is 13.0 Å². The summed E-state index contributed by atoms with van der Waals surface area (Å²) in [7, 11) is -1.16. The summed E-state index contributed by atoms with van der Waals surface area (Å²) in [4.78, 5) is 18.9. The number of benzene rings is 1. The molecule has 28 heavy (non-hydrogen) atoms. The van der Waals surface area contributed by atoms with Gasteiger partial charge in [-0.15, -0.1) is 0 Å². The molecule has 8 nitrogen and oxygen atoms in total. The number of fused-ring (bicyclic) bond motifs is 1. The fourth-order valence-corrected chi connectivity index (χ4v) is 3.42. The van der Waals surface area contributed by atoms with Crippen LogP contribution in [0.25, 0.3) is 11.0 Å². The van der Waals surface area contributed by atoms with Crippen LogP contribution in [0.15, 0.2) is 36.5 Å². The summed E-state index contributed by atoms with van der Waals surface area (Å²) < 4.78 is 13.4. The Labute approximate surface area is 168 Å². The summed E-state index contributed by atoms with van der Waals surface area (Å²) in [5.41, 5.74) is 0.510. The number of non-ortho nitro benzene ring substituents is 1. The second-order valence-corrected chi connectivity index (χ2v) is 13.5. The highest BCUT2D eigenvalue weighted by Crippen LogP contribution is 2.30. The van der Waals surface area contributed by atoms with E-state index >= 15 is 0 Å². The highest BCUT2D eigenvalue weighted by molar-refractivity contribution is 6.76. The predicted octanol–water partition coefficient (Wildman–Crippen LogP) is 5.10. The second kappa shape index (κ2) is 8.25. The Morgan fingerprint density at radius 2 is 2.04 bits per heavy atom. The van der Waals surface area contributed by atoms with Crippen LogP contribution in [0, 0.1) is 10.1 Å². The van der Waals surface area contributed by atoms with E-state index in [0.29, 0.717) is 30.1 Å². The first-order valence-corrected chi connectivity index (χ1v) is 12.8. The van der Waals surface area contributed by atoms with Crippen molar-refractivity contribution < 1.29 is 14.4 Å². The number of hydrogen-bond donors (Lipinski definition) is 0. The van der Waals surface area contributed by atoms with Crippen molar-refractivity contribution >= 4 is 36.4 Å². The van der Waals surface area contributed by atoms with Crippen molar-refractivity contribution in [1.82, 2.24) is 14.5 Å². The maximum Gasteiger partial charge on any atom is 0.273 e. The van der Waals surface area contributed by atoms with Gasteiger partial charge in [-0.25, -0.2) is 0 Å². The molecule has 3 rings (SSSR count). The van der Waals surface area contributed by atoms with Gasteiger partial charge in [-0.1, -0.05) is 25.7 Å². The normalized spacial score (nSPS) is 11.7. The molecule has 0 bridgehead atoms. The third kappa shape index (κ3) is 5.06. The Bertz CT molecular complexity index is 1000. The molecule has 0 spiro atoms. The lowest BCUT2D eigenvalue weighted by atomic mass is 10.3. The number of halogens is 1. The second-order valence-electron chi connectivity index (χ2n) is 7.53. The molecule has 0 unspecified atom stereocenters. The van der Waals surface area contributed by atoms with Gasteiger partial charge < -0.3 is 14.0 Å². The van der Waals surface area contributed by atoms with Gasteiger partial charge in [0.05, 0.1) is 16.4 Å². The zero-order chi connectivity index (χ0) is 20.3. The number of aromatic nitrogens is 3. The van der Waals surface area contributed by atoms with Crippen molar-refractivity contribution in [3.8, 4) is 11.6 Å². The van der Waals surface area contributed by atoms with Gasteiger partial charge in [0.15, 0.2) is 5.65 Å². The van der Waals surface area contributed by atoms with Gasteiger partial charge in [0.25, 0.3) is 5.69 Å². The summed E-state index contributed by atoms with van der Waals surface area (Å²) in [6, 6.07) is 8.77. The van der Waals surface area contributed by atoms with E-state index in [9.17, 15) is 10.1 Å². The molecule has 10 heteroatoms. The van der Waals surface area contributed by atoms with E-state index in [2.05, 4.69) is 29.6 Å². The van der Waals surface area contributed by atoms with Crippen LogP contribution in [0.3, 0.4) is 0 Å². The fourth-order valence-electron chi connectivity index (χ4n) is 2.51. The molecule has 148 valence electrons. The SMILES string of the molecule is C[Si](C)(C)CCOCn1ccc2c(Oc3cccc([N+](=O)[O-])c3)nc(Cl)nc21. The third-order valence-corrected chi connectivity index (χ3v) is 5.90. The summed E-state index contributed by atoms with van der Waals surface area (Å²) in [6.45, 7) is 7.92. The minimum atomic E-state index is -1.16. The molecule has 0 aliphatic rings. The fraction of sp³-hybridized carbons (Fsp3) is 0.333. The molecule has 3 aromatic rings. The molecular weight excluding hydrogens is 400 g/mol. The quantitative estimate of drug-likeness (QED) is 0.165. The van der Waals surface area contributed by atoms with Crippen molar-refractivity contribution in [2.24, 2.45) is 0 Å². The van der Waals surface area contributed by atoms with Gasteiger partial charge >= 0.3 is 0 Å². The monoisotopic (exact) mass is 420 g/mol. The molecule has 0 radical (unpaired) electrons. The highest BCUT2D eigenvalue weighted by Gasteiger charge is 2.16. The number of nitrogens with zero attached hydrogens (tertiary/aromatic N) is 4. The van der Waals surface area contributed by atoms with Crippen LogP contribution < -0.4 is 4.74 Å². The van der Waals surface area contributed by atoms with E-state index in [4.69, 9.17) is 21.1 Å². The van der Waals surface area contributed by atoms with E-state index in [1.165, 1.54) is 12.1 Å².